The van der Waals surface area contributed by atoms with Gasteiger partial charge in [0.2, 0.25) is 0 Å². The van der Waals surface area contributed by atoms with E-state index in [4.69, 9.17) is 22.1 Å². The Morgan fingerprint density at radius 3 is 2.62 bits per heavy atom. The molecule has 2 nitrogen and oxygen atoms in total. The third kappa shape index (κ3) is 4.19. The van der Waals surface area contributed by atoms with Crippen LogP contribution < -0.4 is 10.5 Å². The molecule has 5 heteroatoms. The van der Waals surface area contributed by atoms with Crippen molar-refractivity contribution in [2.75, 3.05) is 0 Å². The lowest BCUT2D eigenvalue weighted by Crippen LogP contribution is -2.18. The molecule has 0 heterocycles. The Morgan fingerprint density at radius 1 is 1.24 bits per heavy atom. The van der Waals surface area contributed by atoms with Gasteiger partial charge in [-0.25, -0.2) is 4.39 Å². The van der Waals surface area contributed by atoms with Gasteiger partial charge in [0, 0.05) is 11.6 Å². The number of para-hydroxylation sites is 1. The van der Waals surface area contributed by atoms with Gasteiger partial charge in [0.15, 0.2) is 0 Å². The van der Waals surface area contributed by atoms with Crippen LogP contribution in [0.3, 0.4) is 0 Å². The normalized spacial score (nSPS) is 12.2. The molecule has 0 aliphatic carbocycles. The summed E-state index contributed by atoms with van der Waals surface area (Å²) in [5.41, 5.74) is 7.51. The maximum absolute atomic E-state index is 13.5. The van der Waals surface area contributed by atoms with E-state index >= 15 is 0 Å². The van der Waals surface area contributed by atoms with Crippen LogP contribution in [0.4, 0.5) is 4.39 Å². The lowest BCUT2D eigenvalue weighted by Gasteiger charge is -2.15. The minimum atomic E-state index is -0.314. The van der Waals surface area contributed by atoms with Crippen molar-refractivity contribution in [3.63, 3.8) is 0 Å². The molecule has 0 fully saturated rings. The van der Waals surface area contributed by atoms with Crippen LogP contribution in [0, 0.1) is 5.82 Å². The van der Waals surface area contributed by atoms with Crippen molar-refractivity contribution >= 4 is 27.5 Å². The van der Waals surface area contributed by atoms with Crippen molar-refractivity contribution in [3.05, 3.63) is 62.8 Å². The molecule has 0 saturated carbocycles. The molecule has 0 radical (unpaired) electrons. The van der Waals surface area contributed by atoms with Crippen LogP contribution in [0.5, 0.6) is 5.75 Å². The van der Waals surface area contributed by atoms with E-state index in [9.17, 15) is 4.39 Å². The number of ether oxygens (including phenoxy) is 1. The highest BCUT2D eigenvalue weighted by atomic mass is 79.9. The molecule has 21 heavy (non-hydrogen) atoms. The van der Waals surface area contributed by atoms with Gasteiger partial charge in [-0.3, -0.25) is 0 Å². The summed E-state index contributed by atoms with van der Waals surface area (Å²) < 4.78 is 19.7. The summed E-state index contributed by atoms with van der Waals surface area (Å²) in [6, 6.07) is 10.4. The molecule has 0 aliphatic heterocycles. The second-order valence-corrected chi connectivity index (χ2v) is 6.11. The summed E-state index contributed by atoms with van der Waals surface area (Å²) in [5.74, 6) is 0.290. The van der Waals surface area contributed by atoms with Gasteiger partial charge in [0.1, 0.15) is 18.2 Å². The predicted octanol–water partition coefficient (Wildman–Crippen LogP) is 4.71. The van der Waals surface area contributed by atoms with Gasteiger partial charge in [-0.15, -0.1) is 0 Å². The molecular formula is C16H16BrClFNO. The van der Waals surface area contributed by atoms with Crippen molar-refractivity contribution in [1.29, 1.82) is 0 Å². The number of rotatable bonds is 5. The third-order valence-corrected chi connectivity index (χ3v) is 4.18. The topological polar surface area (TPSA) is 35.2 Å². The van der Waals surface area contributed by atoms with Crippen molar-refractivity contribution in [3.8, 4) is 5.75 Å². The van der Waals surface area contributed by atoms with Gasteiger partial charge >= 0.3 is 0 Å². The predicted molar refractivity (Wildman–Crippen MR) is 87.2 cm³/mol. The Balaban J connectivity index is 2.21. The van der Waals surface area contributed by atoms with Crippen LogP contribution in [0.15, 0.2) is 40.9 Å². The maximum Gasteiger partial charge on any atom is 0.141 e. The number of halogens is 3. The highest BCUT2D eigenvalue weighted by Gasteiger charge is 2.12. The monoisotopic (exact) mass is 371 g/mol. The molecule has 0 aliphatic rings. The molecular weight excluding hydrogens is 357 g/mol. The van der Waals surface area contributed by atoms with Crippen LogP contribution in [0.2, 0.25) is 5.02 Å². The zero-order valence-electron chi connectivity index (χ0n) is 11.6. The SMILES string of the molecule is CC(N)Cc1cccc(Cl)c1OCc1cccc(F)c1Br. The van der Waals surface area contributed by atoms with Crippen molar-refractivity contribution in [2.24, 2.45) is 5.73 Å². The van der Waals surface area contributed by atoms with Crippen LogP contribution in [0.1, 0.15) is 18.1 Å². The summed E-state index contributed by atoms with van der Waals surface area (Å²) in [7, 11) is 0. The van der Waals surface area contributed by atoms with E-state index < -0.39 is 0 Å². The fourth-order valence-corrected chi connectivity index (χ4v) is 2.66. The molecule has 2 rings (SSSR count). The Hall–Kier alpha value is -1.10. The molecule has 2 aromatic rings. The first kappa shape index (κ1) is 16.3. The Labute approximate surface area is 137 Å². The Morgan fingerprint density at radius 2 is 1.90 bits per heavy atom. The molecule has 0 spiro atoms. The Kier molecular flexibility index (Phi) is 5.62. The summed E-state index contributed by atoms with van der Waals surface area (Å²) >= 11 is 9.42. The summed E-state index contributed by atoms with van der Waals surface area (Å²) in [6.45, 7) is 2.15. The van der Waals surface area contributed by atoms with E-state index in [1.165, 1.54) is 6.07 Å². The van der Waals surface area contributed by atoms with Gasteiger partial charge < -0.3 is 10.5 Å². The molecule has 1 atom stereocenters. The number of hydrogen-bond donors (Lipinski definition) is 1. The molecule has 112 valence electrons. The second-order valence-electron chi connectivity index (χ2n) is 4.91. The smallest absolute Gasteiger partial charge is 0.141 e. The molecule has 0 amide bonds. The summed E-state index contributed by atoms with van der Waals surface area (Å²) in [5, 5.41) is 0.528. The molecule has 0 saturated heterocycles. The molecule has 1 unspecified atom stereocenters. The summed E-state index contributed by atoms with van der Waals surface area (Å²) in [6.07, 6.45) is 0.667. The zero-order valence-corrected chi connectivity index (χ0v) is 13.9. The minimum absolute atomic E-state index is 0.00622. The van der Waals surface area contributed by atoms with E-state index in [1.807, 2.05) is 19.1 Å². The average Bonchev–Trinajstić information content (AvgIpc) is 2.42. The van der Waals surface area contributed by atoms with E-state index in [0.717, 1.165) is 11.1 Å². The van der Waals surface area contributed by atoms with Crippen LogP contribution in [0.25, 0.3) is 0 Å². The Bertz CT molecular complexity index is 634. The van der Waals surface area contributed by atoms with Gasteiger partial charge in [0.25, 0.3) is 0 Å². The molecule has 0 aromatic heterocycles. The largest absolute Gasteiger partial charge is 0.487 e. The van der Waals surface area contributed by atoms with Crippen LogP contribution in [-0.2, 0) is 13.0 Å². The van der Waals surface area contributed by atoms with Gasteiger partial charge in [-0.05, 0) is 47.0 Å². The van der Waals surface area contributed by atoms with Crippen LogP contribution >= 0.6 is 27.5 Å². The first-order valence-corrected chi connectivity index (χ1v) is 7.74. The third-order valence-electron chi connectivity index (χ3n) is 2.99. The highest BCUT2D eigenvalue weighted by Crippen LogP contribution is 2.31. The first-order valence-electron chi connectivity index (χ1n) is 6.57. The second kappa shape index (κ2) is 7.25. The van der Waals surface area contributed by atoms with Crippen molar-refractivity contribution in [2.45, 2.75) is 26.0 Å². The van der Waals surface area contributed by atoms with E-state index in [0.29, 0.717) is 21.7 Å². The standard InChI is InChI=1S/C16H16BrClFNO/c1-10(20)8-11-4-2-6-13(18)16(11)21-9-12-5-3-7-14(19)15(12)17/h2-7,10H,8-9,20H2,1H3. The van der Waals surface area contributed by atoms with Crippen molar-refractivity contribution in [1.82, 2.24) is 0 Å². The number of hydrogen-bond acceptors (Lipinski definition) is 2. The zero-order chi connectivity index (χ0) is 15.4. The quantitative estimate of drug-likeness (QED) is 0.825. The fourth-order valence-electron chi connectivity index (χ4n) is 2.03. The van der Waals surface area contributed by atoms with Crippen LogP contribution in [-0.4, -0.2) is 6.04 Å². The number of nitrogens with two attached hydrogens (primary N) is 1. The number of benzene rings is 2. The lowest BCUT2D eigenvalue weighted by atomic mass is 10.1. The molecule has 0 bridgehead atoms. The maximum atomic E-state index is 13.5. The average molecular weight is 373 g/mol. The summed E-state index contributed by atoms with van der Waals surface area (Å²) in [4.78, 5) is 0. The molecule has 2 aromatic carbocycles. The minimum Gasteiger partial charge on any atom is -0.487 e. The van der Waals surface area contributed by atoms with Crippen molar-refractivity contribution < 1.29 is 9.13 Å². The molecule has 2 N–H and O–H groups in total. The van der Waals surface area contributed by atoms with E-state index in [-0.39, 0.29) is 18.5 Å². The fraction of sp³-hybridized carbons (Fsp3) is 0.250. The van der Waals surface area contributed by atoms with E-state index in [2.05, 4.69) is 15.9 Å². The first-order chi connectivity index (χ1) is 9.99. The van der Waals surface area contributed by atoms with Gasteiger partial charge in [-0.1, -0.05) is 35.9 Å². The van der Waals surface area contributed by atoms with E-state index in [1.54, 1.807) is 18.2 Å². The lowest BCUT2D eigenvalue weighted by molar-refractivity contribution is 0.301. The highest BCUT2D eigenvalue weighted by molar-refractivity contribution is 9.10. The van der Waals surface area contributed by atoms with Gasteiger partial charge in [-0.2, -0.15) is 0 Å². The van der Waals surface area contributed by atoms with Gasteiger partial charge in [0.05, 0.1) is 9.50 Å².